The molecule has 7 nitrogen and oxygen atoms in total. The first-order valence-corrected chi connectivity index (χ1v) is 8.66. The van der Waals surface area contributed by atoms with Crippen molar-refractivity contribution >= 4 is 11.6 Å². The lowest BCUT2D eigenvalue weighted by Crippen LogP contribution is -2.37. The molecule has 1 fully saturated rings. The van der Waals surface area contributed by atoms with Gasteiger partial charge in [0.25, 0.3) is 0 Å². The van der Waals surface area contributed by atoms with E-state index in [-0.39, 0.29) is 0 Å². The van der Waals surface area contributed by atoms with E-state index in [1.54, 1.807) is 0 Å². The molecule has 2 aromatic rings. The van der Waals surface area contributed by atoms with Crippen LogP contribution in [0, 0.1) is 0 Å². The van der Waals surface area contributed by atoms with Crippen LogP contribution in [0.1, 0.15) is 12.0 Å². The Balaban J connectivity index is 1.37. The van der Waals surface area contributed by atoms with Crippen molar-refractivity contribution in [2.24, 2.45) is 0 Å². The number of nitrogens with zero attached hydrogens (tertiary/aromatic N) is 3. The molecule has 0 spiro atoms. The molecule has 1 aromatic carbocycles. The van der Waals surface area contributed by atoms with Gasteiger partial charge in [-0.2, -0.15) is 0 Å². The molecule has 1 N–H and O–H groups in total. The third-order valence-electron chi connectivity index (χ3n) is 4.23. The summed E-state index contributed by atoms with van der Waals surface area (Å²) >= 11 is 0. The quantitative estimate of drug-likeness (QED) is 0.912. The maximum atomic E-state index is 5.72. The first kappa shape index (κ1) is 16.0. The Morgan fingerprint density at radius 2 is 1.72 bits per heavy atom. The minimum Gasteiger partial charge on any atom is -0.490 e. The minimum atomic E-state index is 0.656. The van der Waals surface area contributed by atoms with Gasteiger partial charge < -0.3 is 24.4 Å². The van der Waals surface area contributed by atoms with Gasteiger partial charge in [-0.3, -0.25) is 0 Å². The molecule has 3 heterocycles. The third kappa shape index (κ3) is 3.93. The van der Waals surface area contributed by atoms with Crippen LogP contribution >= 0.6 is 0 Å². The predicted molar refractivity (Wildman–Crippen MR) is 94.4 cm³/mol. The lowest BCUT2D eigenvalue weighted by atomic mass is 10.2. The van der Waals surface area contributed by atoms with Crippen LogP contribution < -0.4 is 19.7 Å². The van der Waals surface area contributed by atoms with E-state index >= 15 is 0 Å². The van der Waals surface area contributed by atoms with Crippen LogP contribution in [-0.2, 0) is 11.3 Å². The van der Waals surface area contributed by atoms with Gasteiger partial charge in [0.1, 0.15) is 0 Å². The summed E-state index contributed by atoms with van der Waals surface area (Å²) in [5.41, 5.74) is 2.02. The molecule has 0 radical (unpaired) electrons. The number of morpholine rings is 1. The molecule has 1 saturated heterocycles. The molecular weight excluding hydrogens is 320 g/mol. The largest absolute Gasteiger partial charge is 0.490 e. The Morgan fingerprint density at radius 1 is 0.960 bits per heavy atom. The number of hydrogen-bond acceptors (Lipinski definition) is 7. The van der Waals surface area contributed by atoms with Crippen LogP contribution in [-0.4, -0.2) is 49.5 Å². The SMILES string of the molecule is c1nc(N2CCOCC2)ncc1CNc1ccc2c(c1)OCCCO2. The summed E-state index contributed by atoms with van der Waals surface area (Å²) in [5.74, 6) is 2.37. The molecule has 0 atom stereocenters. The van der Waals surface area contributed by atoms with E-state index in [0.717, 1.165) is 61.4 Å². The van der Waals surface area contributed by atoms with Crippen molar-refractivity contribution in [1.82, 2.24) is 9.97 Å². The first-order valence-electron chi connectivity index (χ1n) is 8.66. The van der Waals surface area contributed by atoms with Gasteiger partial charge in [0.2, 0.25) is 5.95 Å². The van der Waals surface area contributed by atoms with Gasteiger partial charge in [0.15, 0.2) is 11.5 Å². The zero-order chi connectivity index (χ0) is 16.9. The van der Waals surface area contributed by atoms with Crippen LogP contribution in [0.3, 0.4) is 0 Å². The van der Waals surface area contributed by atoms with Gasteiger partial charge >= 0.3 is 0 Å². The van der Waals surface area contributed by atoms with Crippen LogP contribution in [0.25, 0.3) is 0 Å². The summed E-state index contributed by atoms with van der Waals surface area (Å²) in [5, 5.41) is 3.38. The van der Waals surface area contributed by atoms with Crippen molar-refractivity contribution < 1.29 is 14.2 Å². The van der Waals surface area contributed by atoms with Crippen LogP contribution in [0.4, 0.5) is 11.6 Å². The number of rotatable bonds is 4. The molecule has 2 aliphatic rings. The highest BCUT2D eigenvalue weighted by molar-refractivity contribution is 5.55. The molecule has 4 rings (SSSR count). The van der Waals surface area contributed by atoms with Crippen LogP contribution in [0.5, 0.6) is 11.5 Å². The summed E-state index contributed by atoms with van der Waals surface area (Å²) in [7, 11) is 0. The fraction of sp³-hybridized carbons (Fsp3) is 0.444. The molecule has 2 aliphatic heterocycles. The molecule has 0 unspecified atom stereocenters. The average molecular weight is 342 g/mol. The fourth-order valence-corrected chi connectivity index (χ4v) is 2.84. The normalized spacial score (nSPS) is 17.0. The monoisotopic (exact) mass is 342 g/mol. The number of aromatic nitrogens is 2. The average Bonchev–Trinajstić information content (AvgIpc) is 2.92. The molecule has 0 saturated carbocycles. The van der Waals surface area contributed by atoms with E-state index in [2.05, 4.69) is 20.2 Å². The Hall–Kier alpha value is -2.54. The molecule has 7 heteroatoms. The molecule has 25 heavy (non-hydrogen) atoms. The van der Waals surface area contributed by atoms with Gasteiger partial charge in [-0.15, -0.1) is 0 Å². The second-order valence-corrected chi connectivity index (χ2v) is 6.06. The molecule has 0 aliphatic carbocycles. The summed E-state index contributed by atoms with van der Waals surface area (Å²) < 4.78 is 16.7. The van der Waals surface area contributed by atoms with E-state index in [1.165, 1.54) is 0 Å². The summed E-state index contributed by atoms with van der Waals surface area (Å²) in [6.07, 6.45) is 4.64. The highest BCUT2D eigenvalue weighted by atomic mass is 16.5. The van der Waals surface area contributed by atoms with Crippen molar-refractivity contribution in [1.29, 1.82) is 0 Å². The molecular formula is C18H22N4O3. The predicted octanol–water partition coefficient (Wildman–Crippen LogP) is 2.09. The fourth-order valence-electron chi connectivity index (χ4n) is 2.84. The van der Waals surface area contributed by atoms with E-state index in [4.69, 9.17) is 14.2 Å². The second-order valence-electron chi connectivity index (χ2n) is 6.06. The molecule has 1 aromatic heterocycles. The lowest BCUT2D eigenvalue weighted by Gasteiger charge is -2.26. The van der Waals surface area contributed by atoms with Crippen molar-refractivity contribution in [3.63, 3.8) is 0 Å². The summed E-state index contributed by atoms with van der Waals surface area (Å²) in [4.78, 5) is 11.1. The van der Waals surface area contributed by atoms with Gasteiger partial charge in [-0.1, -0.05) is 0 Å². The van der Waals surface area contributed by atoms with Crippen LogP contribution in [0.15, 0.2) is 30.6 Å². The third-order valence-corrected chi connectivity index (χ3v) is 4.23. The summed E-state index contributed by atoms with van der Waals surface area (Å²) in [6, 6.07) is 5.92. The van der Waals surface area contributed by atoms with Crippen molar-refractivity contribution in [2.75, 3.05) is 49.7 Å². The summed E-state index contributed by atoms with van der Waals surface area (Å²) in [6.45, 7) is 5.19. The van der Waals surface area contributed by atoms with E-state index in [1.807, 2.05) is 30.6 Å². The van der Waals surface area contributed by atoms with Crippen molar-refractivity contribution in [3.8, 4) is 11.5 Å². The maximum absolute atomic E-state index is 5.72. The number of ether oxygens (including phenoxy) is 3. The van der Waals surface area contributed by atoms with E-state index in [0.29, 0.717) is 19.8 Å². The van der Waals surface area contributed by atoms with Gasteiger partial charge in [-0.05, 0) is 12.1 Å². The Labute approximate surface area is 146 Å². The zero-order valence-corrected chi connectivity index (χ0v) is 14.1. The van der Waals surface area contributed by atoms with Crippen molar-refractivity contribution in [3.05, 3.63) is 36.2 Å². The topological polar surface area (TPSA) is 68.7 Å². The van der Waals surface area contributed by atoms with Crippen LogP contribution in [0.2, 0.25) is 0 Å². The number of benzene rings is 1. The Morgan fingerprint density at radius 3 is 2.52 bits per heavy atom. The van der Waals surface area contributed by atoms with E-state index < -0.39 is 0 Å². The highest BCUT2D eigenvalue weighted by Crippen LogP contribution is 2.32. The Bertz CT molecular complexity index is 702. The van der Waals surface area contributed by atoms with Gasteiger partial charge in [0.05, 0.1) is 26.4 Å². The molecule has 0 bridgehead atoms. The highest BCUT2D eigenvalue weighted by Gasteiger charge is 2.13. The minimum absolute atomic E-state index is 0.656. The van der Waals surface area contributed by atoms with E-state index in [9.17, 15) is 0 Å². The van der Waals surface area contributed by atoms with Crippen molar-refractivity contribution in [2.45, 2.75) is 13.0 Å². The Kier molecular flexibility index (Phi) is 4.83. The second kappa shape index (κ2) is 7.57. The van der Waals surface area contributed by atoms with Gasteiger partial charge in [0, 0.05) is 55.8 Å². The number of fused-ring (bicyclic) bond motifs is 1. The zero-order valence-electron chi connectivity index (χ0n) is 14.1. The van der Waals surface area contributed by atoms with Gasteiger partial charge in [-0.25, -0.2) is 9.97 Å². The smallest absolute Gasteiger partial charge is 0.225 e. The number of anilines is 2. The molecule has 132 valence electrons. The number of nitrogens with one attached hydrogen (secondary N) is 1. The molecule has 0 amide bonds. The number of hydrogen-bond donors (Lipinski definition) is 1. The standard InChI is InChI=1S/C18H22N4O3/c1-6-24-16-3-2-15(10-17(16)25-7-1)19-11-14-12-20-18(21-13-14)22-4-8-23-9-5-22/h2-3,10,12-13,19H,1,4-9,11H2. The first-order chi connectivity index (χ1) is 12.4. The lowest BCUT2D eigenvalue weighted by molar-refractivity contribution is 0.122. The maximum Gasteiger partial charge on any atom is 0.225 e.